The van der Waals surface area contributed by atoms with E-state index in [-0.39, 0.29) is 5.78 Å². The highest BCUT2D eigenvalue weighted by Crippen LogP contribution is 2.24. The van der Waals surface area contributed by atoms with Crippen molar-refractivity contribution in [1.82, 2.24) is 0 Å². The molecule has 0 fully saturated rings. The molecule has 0 aliphatic rings. The normalized spacial score (nSPS) is 10.5. The molecule has 0 radical (unpaired) electrons. The lowest BCUT2D eigenvalue weighted by atomic mass is 10.1. The second kappa shape index (κ2) is 4.88. The zero-order valence-corrected chi connectivity index (χ0v) is 11.4. The van der Waals surface area contributed by atoms with Gasteiger partial charge in [-0.1, -0.05) is 19.1 Å². The second-order valence-corrected chi connectivity index (χ2v) is 4.68. The Hall–Kier alpha value is -1.35. The lowest BCUT2D eigenvalue weighted by Crippen LogP contribution is -2.01. The van der Waals surface area contributed by atoms with Gasteiger partial charge in [-0.3, -0.25) is 4.79 Å². The number of furan rings is 1. The van der Waals surface area contributed by atoms with Gasteiger partial charge in [0.2, 0.25) is 5.78 Å². The van der Waals surface area contributed by atoms with E-state index in [0.29, 0.717) is 11.3 Å². The minimum atomic E-state index is -0.0831. The Labute approximate surface area is 109 Å². The summed E-state index contributed by atoms with van der Waals surface area (Å²) in [6, 6.07) is 9.21. The predicted molar refractivity (Wildman–Crippen MR) is 70.4 cm³/mol. The van der Waals surface area contributed by atoms with Gasteiger partial charge >= 0.3 is 0 Å². The predicted octanol–water partition coefficient (Wildman–Crippen LogP) is 4.14. The van der Waals surface area contributed by atoms with E-state index in [4.69, 9.17) is 4.42 Å². The quantitative estimate of drug-likeness (QED) is 0.796. The van der Waals surface area contributed by atoms with E-state index >= 15 is 0 Å². The number of halogens is 1. The monoisotopic (exact) mass is 292 g/mol. The first-order valence-corrected chi connectivity index (χ1v) is 6.31. The van der Waals surface area contributed by atoms with Gasteiger partial charge in [-0.25, -0.2) is 0 Å². The van der Waals surface area contributed by atoms with Crippen LogP contribution in [0.5, 0.6) is 0 Å². The molecule has 0 amide bonds. The van der Waals surface area contributed by atoms with Crippen molar-refractivity contribution in [2.24, 2.45) is 0 Å². The zero-order chi connectivity index (χ0) is 12.4. The molecule has 3 heteroatoms. The van der Waals surface area contributed by atoms with Gasteiger partial charge in [0, 0.05) is 16.5 Å². The molecule has 0 spiro atoms. The maximum Gasteiger partial charge on any atom is 0.229 e. The largest absolute Gasteiger partial charge is 0.458 e. The number of hydrogen-bond acceptors (Lipinski definition) is 2. The van der Waals surface area contributed by atoms with Gasteiger partial charge in [-0.15, -0.1) is 0 Å². The fourth-order valence-corrected chi connectivity index (χ4v) is 2.09. The van der Waals surface area contributed by atoms with Crippen LogP contribution in [0.2, 0.25) is 0 Å². The van der Waals surface area contributed by atoms with Crippen LogP contribution in [-0.4, -0.2) is 5.78 Å². The Balaban J connectivity index is 2.40. The molecule has 0 N–H and O–H groups in total. The number of rotatable bonds is 3. The lowest BCUT2D eigenvalue weighted by Gasteiger charge is -2.04. The van der Waals surface area contributed by atoms with Crippen LogP contribution in [0.15, 0.2) is 39.2 Å². The van der Waals surface area contributed by atoms with Crippen molar-refractivity contribution in [2.45, 2.75) is 20.3 Å². The van der Waals surface area contributed by atoms with Crippen LogP contribution < -0.4 is 0 Å². The molecule has 2 aromatic rings. The van der Waals surface area contributed by atoms with Crippen LogP contribution in [0.3, 0.4) is 0 Å². The summed E-state index contributed by atoms with van der Waals surface area (Å²) in [7, 11) is 0. The third-order valence-electron chi connectivity index (χ3n) is 2.67. The molecular weight excluding hydrogens is 280 g/mol. The molecule has 17 heavy (non-hydrogen) atoms. The standard InChI is InChI=1S/C14H13BrO2/c1-3-10-7-8-12(17-10)14(16)11-6-4-5-9(2)13(11)15/h4-8H,3H2,1-2H3. The number of aryl methyl sites for hydroxylation is 2. The summed E-state index contributed by atoms with van der Waals surface area (Å²) in [5.41, 5.74) is 1.68. The summed E-state index contributed by atoms with van der Waals surface area (Å²) < 4.78 is 6.31. The van der Waals surface area contributed by atoms with E-state index in [1.165, 1.54) is 0 Å². The van der Waals surface area contributed by atoms with Gasteiger partial charge in [0.05, 0.1) is 0 Å². The first kappa shape index (κ1) is 12.1. The molecule has 1 heterocycles. The Bertz CT molecular complexity index is 555. The minimum Gasteiger partial charge on any atom is -0.458 e. The molecule has 0 aliphatic heterocycles. The molecular formula is C14H13BrO2. The first-order valence-electron chi connectivity index (χ1n) is 5.52. The van der Waals surface area contributed by atoms with E-state index in [0.717, 1.165) is 22.2 Å². The summed E-state index contributed by atoms with van der Waals surface area (Å²) in [5.74, 6) is 1.14. The Kier molecular flexibility index (Phi) is 3.48. The Morgan fingerprint density at radius 2 is 2.06 bits per heavy atom. The van der Waals surface area contributed by atoms with E-state index in [1.807, 2.05) is 32.0 Å². The Morgan fingerprint density at radius 3 is 2.71 bits per heavy atom. The number of hydrogen-bond donors (Lipinski definition) is 0. The highest BCUT2D eigenvalue weighted by atomic mass is 79.9. The summed E-state index contributed by atoms with van der Waals surface area (Å²) in [4.78, 5) is 12.2. The maximum absolute atomic E-state index is 12.2. The molecule has 0 saturated heterocycles. The van der Waals surface area contributed by atoms with Crippen LogP contribution in [0, 0.1) is 6.92 Å². The van der Waals surface area contributed by atoms with Crippen molar-refractivity contribution in [3.8, 4) is 0 Å². The van der Waals surface area contributed by atoms with Crippen molar-refractivity contribution >= 4 is 21.7 Å². The van der Waals surface area contributed by atoms with Crippen LogP contribution in [0.25, 0.3) is 0 Å². The van der Waals surface area contributed by atoms with Crippen LogP contribution in [-0.2, 0) is 6.42 Å². The molecule has 0 atom stereocenters. The van der Waals surface area contributed by atoms with E-state index in [1.54, 1.807) is 12.1 Å². The van der Waals surface area contributed by atoms with Crippen LogP contribution in [0.1, 0.15) is 34.4 Å². The van der Waals surface area contributed by atoms with E-state index < -0.39 is 0 Å². The first-order chi connectivity index (χ1) is 8.13. The smallest absolute Gasteiger partial charge is 0.229 e. The topological polar surface area (TPSA) is 30.2 Å². The minimum absolute atomic E-state index is 0.0831. The molecule has 2 nitrogen and oxygen atoms in total. The molecule has 1 aromatic carbocycles. The zero-order valence-electron chi connectivity index (χ0n) is 9.79. The van der Waals surface area contributed by atoms with Crippen molar-refractivity contribution in [2.75, 3.05) is 0 Å². The summed E-state index contributed by atoms with van der Waals surface area (Å²) in [5, 5.41) is 0. The fourth-order valence-electron chi connectivity index (χ4n) is 1.65. The molecule has 0 unspecified atom stereocenters. The molecule has 0 bridgehead atoms. The highest BCUT2D eigenvalue weighted by molar-refractivity contribution is 9.10. The highest BCUT2D eigenvalue weighted by Gasteiger charge is 2.16. The molecule has 0 saturated carbocycles. The van der Waals surface area contributed by atoms with Gasteiger partial charge in [-0.2, -0.15) is 0 Å². The Morgan fingerprint density at radius 1 is 1.29 bits per heavy atom. The average Bonchev–Trinajstić information content (AvgIpc) is 2.80. The second-order valence-electron chi connectivity index (χ2n) is 3.89. The van der Waals surface area contributed by atoms with E-state index in [9.17, 15) is 4.79 Å². The fraction of sp³-hybridized carbons (Fsp3) is 0.214. The molecule has 0 aliphatic carbocycles. The summed E-state index contributed by atoms with van der Waals surface area (Å²) >= 11 is 3.44. The van der Waals surface area contributed by atoms with Gasteiger partial charge in [0.1, 0.15) is 5.76 Å². The number of ketones is 1. The maximum atomic E-state index is 12.2. The average molecular weight is 293 g/mol. The van der Waals surface area contributed by atoms with Crippen molar-refractivity contribution in [3.63, 3.8) is 0 Å². The van der Waals surface area contributed by atoms with Gasteiger partial charge in [0.15, 0.2) is 5.76 Å². The number of benzene rings is 1. The lowest BCUT2D eigenvalue weighted by molar-refractivity contribution is 0.101. The van der Waals surface area contributed by atoms with Gasteiger partial charge < -0.3 is 4.42 Å². The van der Waals surface area contributed by atoms with Crippen molar-refractivity contribution in [1.29, 1.82) is 0 Å². The third kappa shape index (κ3) is 2.34. The molecule has 2 rings (SSSR count). The third-order valence-corrected chi connectivity index (χ3v) is 3.72. The molecule has 1 aromatic heterocycles. The van der Waals surface area contributed by atoms with Gasteiger partial charge in [-0.05, 0) is 46.6 Å². The summed E-state index contributed by atoms with van der Waals surface area (Å²) in [6.45, 7) is 3.95. The van der Waals surface area contributed by atoms with Crippen molar-refractivity contribution in [3.05, 3.63) is 57.5 Å². The van der Waals surface area contributed by atoms with Crippen LogP contribution in [0.4, 0.5) is 0 Å². The van der Waals surface area contributed by atoms with Crippen LogP contribution >= 0.6 is 15.9 Å². The summed E-state index contributed by atoms with van der Waals surface area (Å²) in [6.07, 6.45) is 0.794. The van der Waals surface area contributed by atoms with E-state index in [2.05, 4.69) is 15.9 Å². The molecule has 88 valence electrons. The van der Waals surface area contributed by atoms with Crippen molar-refractivity contribution < 1.29 is 9.21 Å². The number of carbonyl (C=O) groups is 1. The number of carbonyl (C=O) groups excluding carboxylic acids is 1. The SMILES string of the molecule is CCc1ccc(C(=O)c2cccc(C)c2Br)o1. The van der Waals surface area contributed by atoms with Gasteiger partial charge in [0.25, 0.3) is 0 Å².